The number of piperidine rings is 1. The van der Waals surface area contributed by atoms with Crippen LogP contribution in [0, 0.1) is 5.82 Å². The monoisotopic (exact) mass is 842 g/mol. The lowest BCUT2D eigenvalue weighted by Gasteiger charge is -2.38. The molecule has 0 aliphatic carbocycles. The Morgan fingerprint density at radius 1 is 0.918 bits per heavy atom. The van der Waals surface area contributed by atoms with Gasteiger partial charge in [-0.25, -0.2) is 29.2 Å². The number of imide groups is 1. The van der Waals surface area contributed by atoms with Crippen molar-refractivity contribution in [1.29, 1.82) is 0 Å². The molecule has 0 bridgehead atoms. The summed E-state index contributed by atoms with van der Waals surface area (Å²) in [5.74, 6) is -1.93. The summed E-state index contributed by atoms with van der Waals surface area (Å²) in [5, 5.41) is 10.0. The van der Waals surface area contributed by atoms with E-state index >= 15 is 4.39 Å². The lowest BCUT2D eigenvalue weighted by molar-refractivity contribution is -0.123. The Balaban J connectivity index is 0.780. The lowest BCUT2D eigenvalue weighted by atomic mass is 9.98. The van der Waals surface area contributed by atoms with Crippen molar-refractivity contribution in [3.05, 3.63) is 118 Å². The zero-order valence-corrected chi connectivity index (χ0v) is 34.3. The number of thiazole rings is 1. The van der Waals surface area contributed by atoms with Gasteiger partial charge in [0.15, 0.2) is 11.2 Å². The molecule has 61 heavy (non-hydrogen) atoms. The second kappa shape index (κ2) is 15.5. The molecule has 0 radical (unpaired) electrons. The molecule has 2 N–H and O–H groups in total. The topological polar surface area (TPSA) is 156 Å². The van der Waals surface area contributed by atoms with Crippen LogP contribution in [0.5, 0.6) is 0 Å². The summed E-state index contributed by atoms with van der Waals surface area (Å²) >= 11 is 1.28. The normalized spacial score (nSPS) is 18.2. The Labute approximate surface area is 354 Å². The maximum atomic E-state index is 15.9. The standard InChI is InChI=1S/C44H43FN10O5S/c1-50(22-26-4-9-32-29(19-26)23-55(42(32)59)54-17-12-37(56)48-44(54)60)30-10-15-51(16-11-30)31-7-5-27(6-8-31)28-20-33-34(35(45)21-28)24-53(41(33)58)39(40(57)49-43-46-13-18-61-43)38-36-3-2-14-52(36)25-47-38/h4-9,13,18-21,25,30,39H,2-3,10-12,14-17,22-24H2,1H3,(H,46,49,57)(H,48,56,60). The first-order valence-corrected chi connectivity index (χ1v) is 21.5. The van der Waals surface area contributed by atoms with E-state index in [4.69, 9.17) is 0 Å². The Hall–Kier alpha value is -6.46. The summed E-state index contributed by atoms with van der Waals surface area (Å²) in [5.41, 5.74) is 6.89. The lowest BCUT2D eigenvalue weighted by Crippen LogP contribution is -2.56. The van der Waals surface area contributed by atoms with Crippen molar-refractivity contribution in [3.63, 3.8) is 0 Å². The Bertz CT molecular complexity index is 2590. The highest BCUT2D eigenvalue weighted by molar-refractivity contribution is 7.13. The van der Waals surface area contributed by atoms with Crippen molar-refractivity contribution in [2.75, 3.05) is 36.9 Å². The molecule has 6 amide bonds. The van der Waals surface area contributed by atoms with Crippen LogP contribution in [0.2, 0.25) is 0 Å². The van der Waals surface area contributed by atoms with Crippen LogP contribution in [0.4, 0.5) is 20.0 Å². The molecule has 312 valence electrons. The van der Waals surface area contributed by atoms with Gasteiger partial charge in [-0.05, 0) is 85.3 Å². The minimum Gasteiger partial charge on any atom is -0.371 e. The average Bonchev–Trinajstić information content (AvgIpc) is 4.11. The zero-order valence-electron chi connectivity index (χ0n) is 33.5. The molecule has 2 aromatic heterocycles. The molecule has 5 aliphatic heterocycles. The number of aryl methyl sites for hydroxylation is 1. The number of hydrogen-bond acceptors (Lipinski definition) is 10. The minimum absolute atomic E-state index is 0.0509. The second-order valence-corrected chi connectivity index (χ2v) is 17.2. The van der Waals surface area contributed by atoms with Crippen LogP contribution in [0.15, 0.2) is 72.5 Å². The highest BCUT2D eigenvalue weighted by Gasteiger charge is 2.42. The SMILES string of the molecule is CN(Cc1ccc2c(c1)CN(N1CCC(=O)NC1=O)C2=O)C1CCN(c2ccc(-c3cc(F)c4c(c3)C(=O)N(C(C(=O)Nc3nccs3)c3ncn5c3CCC5)C4)cc2)CC1. The predicted molar refractivity (Wildman–Crippen MR) is 224 cm³/mol. The summed E-state index contributed by atoms with van der Waals surface area (Å²) in [7, 11) is 2.12. The molecule has 0 spiro atoms. The largest absolute Gasteiger partial charge is 0.371 e. The minimum atomic E-state index is -1.05. The van der Waals surface area contributed by atoms with Gasteiger partial charge < -0.3 is 14.4 Å². The number of rotatable bonds is 10. The summed E-state index contributed by atoms with van der Waals surface area (Å²) in [6, 6.07) is 15.8. The molecule has 1 atom stereocenters. The molecule has 5 aliphatic rings. The third-order valence-corrected chi connectivity index (χ3v) is 13.3. The quantitative estimate of drug-likeness (QED) is 0.190. The fourth-order valence-corrected chi connectivity index (χ4v) is 9.98. The number of hydrazine groups is 1. The van der Waals surface area contributed by atoms with Crippen LogP contribution in [-0.4, -0.2) is 96.7 Å². The molecule has 0 saturated carbocycles. The molecule has 7 heterocycles. The molecule has 15 nitrogen and oxygen atoms in total. The Kier molecular flexibility index (Phi) is 9.86. The average molecular weight is 843 g/mol. The van der Waals surface area contributed by atoms with Gasteiger partial charge in [-0.3, -0.25) is 34.7 Å². The number of benzene rings is 3. The second-order valence-electron chi connectivity index (χ2n) is 16.3. The van der Waals surface area contributed by atoms with Crippen molar-refractivity contribution in [1.82, 2.24) is 39.7 Å². The molecule has 17 heteroatoms. The van der Waals surface area contributed by atoms with Crippen molar-refractivity contribution in [3.8, 4) is 11.1 Å². The van der Waals surface area contributed by atoms with Gasteiger partial charge in [0.25, 0.3) is 17.7 Å². The fraction of sp³-hybridized carbons (Fsp3) is 0.341. The van der Waals surface area contributed by atoms with Crippen LogP contribution in [0.3, 0.4) is 0 Å². The summed E-state index contributed by atoms with van der Waals surface area (Å²) < 4.78 is 18.0. The van der Waals surface area contributed by atoms with Gasteiger partial charge in [-0.2, -0.15) is 0 Å². The molecule has 10 rings (SSSR count). The summed E-state index contributed by atoms with van der Waals surface area (Å²) in [4.78, 5) is 80.0. The molecular weight excluding hydrogens is 800 g/mol. The first-order valence-electron chi connectivity index (χ1n) is 20.6. The van der Waals surface area contributed by atoms with E-state index in [-0.39, 0.29) is 49.0 Å². The summed E-state index contributed by atoms with van der Waals surface area (Å²) in [6.45, 7) is 3.63. The third kappa shape index (κ3) is 7.10. The number of hydrogen-bond donors (Lipinski definition) is 2. The van der Waals surface area contributed by atoms with E-state index in [9.17, 15) is 24.0 Å². The van der Waals surface area contributed by atoms with Crippen molar-refractivity contribution < 1.29 is 28.4 Å². The fourth-order valence-electron chi connectivity index (χ4n) is 9.45. The van der Waals surface area contributed by atoms with E-state index in [0.717, 1.165) is 73.4 Å². The highest BCUT2D eigenvalue weighted by Crippen LogP contribution is 2.38. The number of anilines is 2. The van der Waals surface area contributed by atoms with Gasteiger partial charge in [0, 0.05) is 78.3 Å². The van der Waals surface area contributed by atoms with Crippen LogP contribution in [-0.2, 0) is 42.2 Å². The van der Waals surface area contributed by atoms with Crippen LogP contribution < -0.4 is 15.5 Å². The number of amides is 6. The number of fused-ring (bicyclic) bond motifs is 3. The van der Waals surface area contributed by atoms with Crippen molar-refractivity contribution >= 4 is 51.8 Å². The number of nitrogens with zero attached hydrogens (tertiary/aromatic N) is 8. The van der Waals surface area contributed by atoms with Crippen LogP contribution >= 0.6 is 11.3 Å². The van der Waals surface area contributed by atoms with Gasteiger partial charge >= 0.3 is 6.03 Å². The number of halogens is 1. The Morgan fingerprint density at radius 3 is 2.51 bits per heavy atom. The molecule has 5 aromatic rings. The van der Waals surface area contributed by atoms with Gasteiger partial charge in [0.05, 0.1) is 31.7 Å². The maximum absolute atomic E-state index is 15.9. The highest BCUT2D eigenvalue weighted by atomic mass is 32.1. The van der Waals surface area contributed by atoms with E-state index in [1.54, 1.807) is 24.0 Å². The number of imidazole rings is 1. The predicted octanol–water partition coefficient (Wildman–Crippen LogP) is 5.34. The van der Waals surface area contributed by atoms with E-state index in [0.29, 0.717) is 34.5 Å². The Morgan fingerprint density at radius 2 is 1.74 bits per heavy atom. The van der Waals surface area contributed by atoms with Crippen LogP contribution in [0.1, 0.15) is 80.5 Å². The smallest absolute Gasteiger partial charge is 0.342 e. The van der Waals surface area contributed by atoms with Gasteiger partial charge in [0.2, 0.25) is 5.91 Å². The van der Waals surface area contributed by atoms with Gasteiger partial charge in [-0.1, -0.05) is 24.3 Å². The number of carbonyl (C=O) groups excluding carboxylic acids is 5. The van der Waals surface area contributed by atoms with E-state index in [2.05, 4.69) is 37.4 Å². The summed E-state index contributed by atoms with van der Waals surface area (Å²) in [6.07, 6.45) is 7.03. The van der Waals surface area contributed by atoms with E-state index < -0.39 is 29.7 Å². The van der Waals surface area contributed by atoms with Crippen molar-refractivity contribution in [2.45, 2.75) is 70.4 Å². The maximum Gasteiger partial charge on any atom is 0.342 e. The molecule has 1 unspecified atom stereocenters. The van der Waals surface area contributed by atoms with Gasteiger partial charge in [0.1, 0.15) is 5.82 Å². The van der Waals surface area contributed by atoms with E-state index in [1.165, 1.54) is 32.3 Å². The number of nitrogens with one attached hydrogen (secondary N) is 2. The molecular formula is C44H43FN10O5S. The third-order valence-electron chi connectivity index (χ3n) is 12.7. The molecule has 3 aromatic carbocycles. The first-order chi connectivity index (χ1) is 29.6. The number of carbonyl (C=O) groups is 5. The van der Waals surface area contributed by atoms with E-state index in [1.807, 2.05) is 47.0 Å². The number of aromatic nitrogens is 3. The number of urea groups is 1. The molecule has 2 saturated heterocycles. The van der Waals surface area contributed by atoms with Crippen LogP contribution in [0.25, 0.3) is 11.1 Å². The molecule has 2 fully saturated rings. The first kappa shape index (κ1) is 38.7. The zero-order chi connectivity index (χ0) is 41.9. The van der Waals surface area contributed by atoms with Crippen molar-refractivity contribution in [2.24, 2.45) is 0 Å². The van der Waals surface area contributed by atoms with Gasteiger partial charge in [-0.15, -0.1) is 11.3 Å².